The number of hydrogen-bond acceptors (Lipinski definition) is 7. The van der Waals surface area contributed by atoms with Gasteiger partial charge in [0.2, 0.25) is 10.0 Å². The Kier molecular flexibility index (Phi) is 12.0. The molecule has 11 nitrogen and oxygen atoms in total. The molecule has 1 aliphatic heterocycles. The second kappa shape index (κ2) is 15.2. The molecule has 0 saturated heterocycles. The van der Waals surface area contributed by atoms with Crippen molar-refractivity contribution in [1.82, 2.24) is 9.80 Å². The molecule has 2 aromatic carbocycles. The zero-order chi connectivity index (χ0) is 30.9. The van der Waals surface area contributed by atoms with Gasteiger partial charge in [0.15, 0.2) is 0 Å². The number of nitrogens with one attached hydrogen (secondary N) is 2. The number of carbonyl (C=O) groups is 2. The van der Waals surface area contributed by atoms with Crippen LogP contribution in [0, 0.1) is 5.92 Å². The number of amides is 3. The highest BCUT2D eigenvalue weighted by molar-refractivity contribution is 7.92. The summed E-state index contributed by atoms with van der Waals surface area (Å²) < 4.78 is 38.7. The summed E-state index contributed by atoms with van der Waals surface area (Å²) in [5.41, 5.74) is 1.11. The molecule has 12 heteroatoms. The summed E-state index contributed by atoms with van der Waals surface area (Å²) >= 11 is 0. The normalized spacial score (nSPS) is 21.3. The van der Waals surface area contributed by atoms with Crippen molar-refractivity contribution in [2.75, 3.05) is 49.6 Å². The molecule has 0 spiro atoms. The largest absolute Gasteiger partial charge is 0.490 e. The Hall–Kier alpha value is -3.35. The van der Waals surface area contributed by atoms with Gasteiger partial charge in [0.1, 0.15) is 5.75 Å². The Balaban J connectivity index is 1.91. The van der Waals surface area contributed by atoms with Crippen molar-refractivity contribution >= 4 is 33.3 Å². The van der Waals surface area contributed by atoms with E-state index in [-0.39, 0.29) is 49.0 Å². The van der Waals surface area contributed by atoms with Crippen molar-refractivity contribution in [3.05, 3.63) is 54.1 Å². The molecule has 3 rings (SSSR count). The highest BCUT2D eigenvalue weighted by Gasteiger charge is 2.31. The number of sulfonamides is 1. The van der Waals surface area contributed by atoms with E-state index >= 15 is 0 Å². The third-order valence-electron chi connectivity index (χ3n) is 7.18. The Labute approximate surface area is 249 Å². The van der Waals surface area contributed by atoms with Crippen molar-refractivity contribution in [2.24, 2.45) is 5.92 Å². The number of likely N-dealkylation sites (N-methyl/N-ethyl adjacent to an activating group) is 1. The van der Waals surface area contributed by atoms with Crippen LogP contribution < -0.4 is 14.8 Å². The number of anilines is 2. The molecular weight excluding hydrogens is 560 g/mol. The van der Waals surface area contributed by atoms with Gasteiger partial charge in [-0.3, -0.25) is 9.52 Å². The summed E-state index contributed by atoms with van der Waals surface area (Å²) in [7, 11) is -1.88. The summed E-state index contributed by atoms with van der Waals surface area (Å²) in [5.74, 6) is -0.288. The minimum atomic E-state index is -3.58. The van der Waals surface area contributed by atoms with Crippen molar-refractivity contribution in [3.8, 4) is 5.75 Å². The highest BCUT2D eigenvalue weighted by atomic mass is 32.2. The van der Waals surface area contributed by atoms with Crippen molar-refractivity contribution in [1.29, 1.82) is 0 Å². The lowest BCUT2D eigenvalue weighted by atomic mass is 10.0. The number of para-hydroxylation sites is 1. The monoisotopic (exact) mass is 604 g/mol. The fraction of sp³-hybridized carbons (Fsp3) is 0.533. The third kappa shape index (κ3) is 9.88. The van der Waals surface area contributed by atoms with Gasteiger partial charge >= 0.3 is 6.03 Å². The van der Waals surface area contributed by atoms with E-state index in [1.165, 1.54) is 6.07 Å². The number of fused-ring (bicyclic) bond motifs is 1. The van der Waals surface area contributed by atoms with E-state index in [0.29, 0.717) is 18.0 Å². The van der Waals surface area contributed by atoms with Gasteiger partial charge in [-0.05, 0) is 63.4 Å². The average molecular weight is 605 g/mol. The molecule has 3 N–H and O–H groups in total. The van der Waals surface area contributed by atoms with Crippen LogP contribution in [0.4, 0.5) is 16.2 Å². The maximum absolute atomic E-state index is 14.1. The number of hydrogen-bond donors (Lipinski definition) is 3. The number of nitrogens with zero attached hydrogens (tertiary/aromatic N) is 2. The highest BCUT2D eigenvalue weighted by Crippen LogP contribution is 2.29. The zero-order valence-corrected chi connectivity index (χ0v) is 25.9. The number of carbonyl (C=O) groups excluding carboxylic acids is 2. The minimum absolute atomic E-state index is 0.192. The van der Waals surface area contributed by atoms with Crippen LogP contribution in [0.25, 0.3) is 0 Å². The smallest absolute Gasteiger partial charge is 0.321 e. The maximum atomic E-state index is 14.1. The molecule has 2 aromatic rings. The fourth-order valence-corrected chi connectivity index (χ4v) is 5.31. The Bertz CT molecular complexity index is 1290. The van der Waals surface area contributed by atoms with E-state index in [9.17, 15) is 23.1 Å². The standard InChI is InChI=1S/C30H44N4O7S/c1-21-18-34(22(2)20-35)29(36)26-17-25(32-42(5,38)39)14-15-27(26)41-23(3)11-9-10-16-40-28(21)19-33(4)30(37)31-24-12-7-6-8-13-24/h6-8,12-15,17,21-23,28,32,35H,9-11,16,18-20H2,1-5H3,(H,31,37)/t21-,22-,23+,28+/m0/s1. The lowest BCUT2D eigenvalue weighted by molar-refractivity contribution is -0.0115. The van der Waals surface area contributed by atoms with Crippen LogP contribution in [-0.2, 0) is 14.8 Å². The van der Waals surface area contributed by atoms with Gasteiger partial charge in [0, 0.05) is 44.0 Å². The number of benzene rings is 2. The molecule has 4 atom stereocenters. The second-order valence-electron chi connectivity index (χ2n) is 11.1. The summed E-state index contributed by atoms with van der Waals surface area (Å²) in [6, 6.07) is 13.0. The van der Waals surface area contributed by atoms with Gasteiger partial charge in [-0.1, -0.05) is 25.1 Å². The van der Waals surface area contributed by atoms with Crippen LogP contribution in [0.3, 0.4) is 0 Å². The van der Waals surface area contributed by atoms with E-state index < -0.39 is 28.1 Å². The molecule has 0 aliphatic carbocycles. The van der Waals surface area contributed by atoms with Gasteiger partial charge in [0.25, 0.3) is 5.91 Å². The molecule has 3 amide bonds. The van der Waals surface area contributed by atoms with Gasteiger partial charge in [0.05, 0.1) is 36.7 Å². The molecule has 0 fully saturated rings. The zero-order valence-electron chi connectivity index (χ0n) is 25.1. The van der Waals surface area contributed by atoms with Crippen LogP contribution in [0.1, 0.15) is 50.4 Å². The van der Waals surface area contributed by atoms with Crippen LogP contribution in [0.15, 0.2) is 48.5 Å². The molecule has 0 aromatic heterocycles. The molecular formula is C30H44N4O7S. The van der Waals surface area contributed by atoms with E-state index in [1.54, 1.807) is 35.9 Å². The topological polar surface area (TPSA) is 138 Å². The van der Waals surface area contributed by atoms with E-state index in [0.717, 1.165) is 25.5 Å². The molecule has 0 bridgehead atoms. The van der Waals surface area contributed by atoms with Gasteiger partial charge < -0.3 is 29.7 Å². The van der Waals surface area contributed by atoms with Crippen LogP contribution in [-0.4, -0.2) is 93.1 Å². The molecule has 232 valence electrons. The van der Waals surface area contributed by atoms with E-state index in [1.807, 2.05) is 44.2 Å². The molecule has 42 heavy (non-hydrogen) atoms. The summed E-state index contributed by atoms with van der Waals surface area (Å²) in [4.78, 5) is 30.1. The van der Waals surface area contributed by atoms with E-state index in [4.69, 9.17) is 9.47 Å². The third-order valence-corrected chi connectivity index (χ3v) is 7.79. The van der Waals surface area contributed by atoms with Crippen molar-refractivity contribution < 1.29 is 32.6 Å². The van der Waals surface area contributed by atoms with Gasteiger partial charge in [-0.15, -0.1) is 0 Å². The predicted octanol–water partition coefficient (Wildman–Crippen LogP) is 4.02. The summed E-state index contributed by atoms with van der Waals surface area (Å²) in [6.07, 6.45) is 2.77. The summed E-state index contributed by atoms with van der Waals surface area (Å²) in [6.45, 7) is 6.32. The molecule has 1 heterocycles. The first-order valence-corrected chi connectivity index (χ1v) is 16.2. The Morgan fingerprint density at radius 2 is 1.86 bits per heavy atom. The number of ether oxygens (including phenoxy) is 2. The number of urea groups is 1. The lowest BCUT2D eigenvalue weighted by Gasteiger charge is -2.35. The SMILES string of the molecule is C[C@@H]1CCCCO[C@H](CN(C)C(=O)Nc2ccccc2)[C@@H](C)CN([C@@H](C)CO)C(=O)c2cc(NS(C)(=O)=O)ccc2O1. The number of aliphatic hydroxyl groups excluding tert-OH is 1. The second-order valence-corrected chi connectivity index (χ2v) is 12.8. The first kappa shape index (κ1) is 33.2. The number of rotatable bonds is 7. The molecule has 0 unspecified atom stereocenters. The van der Waals surface area contributed by atoms with Crippen molar-refractivity contribution in [2.45, 2.75) is 58.3 Å². The van der Waals surface area contributed by atoms with E-state index in [2.05, 4.69) is 10.0 Å². The van der Waals surface area contributed by atoms with Crippen LogP contribution in [0.5, 0.6) is 5.75 Å². The average Bonchev–Trinajstić information content (AvgIpc) is 2.94. The molecule has 0 saturated carbocycles. The number of aliphatic hydroxyl groups is 1. The first-order chi connectivity index (χ1) is 19.9. The quantitative estimate of drug-likeness (QED) is 0.434. The first-order valence-electron chi connectivity index (χ1n) is 14.3. The van der Waals surface area contributed by atoms with Gasteiger partial charge in [-0.25, -0.2) is 13.2 Å². The lowest BCUT2D eigenvalue weighted by Crippen LogP contribution is -2.48. The molecule has 0 radical (unpaired) electrons. The Morgan fingerprint density at radius 3 is 2.52 bits per heavy atom. The van der Waals surface area contributed by atoms with Crippen molar-refractivity contribution in [3.63, 3.8) is 0 Å². The maximum Gasteiger partial charge on any atom is 0.321 e. The fourth-order valence-electron chi connectivity index (χ4n) is 4.76. The van der Waals surface area contributed by atoms with Gasteiger partial charge in [-0.2, -0.15) is 0 Å². The predicted molar refractivity (Wildman–Crippen MR) is 163 cm³/mol. The molecule has 1 aliphatic rings. The van der Waals surface area contributed by atoms with Crippen LogP contribution >= 0.6 is 0 Å². The van der Waals surface area contributed by atoms with Crippen LogP contribution in [0.2, 0.25) is 0 Å². The summed E-state index contributed by atoms with van der Waals surface area (Å²) in [5, 5.41) is 13.0. The Morgan fingerprint density at radius 1 is 1.14 bits per heavy atom. The minimum Gasteiger partial charge on any atom is -0.490 e.